The zero-order chi connectivity index (χ0) is 18.1. The average Bonchev–Trinajstić information content (AvgIpc) is 3.28. The van der Waals surface area contributed by atoms with Crippen LogP contribution < -0.4 is 0 Å². The number of rotatable bonds is 4. The van der Waals surface area contributed by atoms with Gasteiger partial charge in [0.05, 0.1) is 0 Å². The highest BCUT2D eigenvalue weighted by atomic mass is 16.5. The molecule has 2 aromatic heterocycles. The molecule has 2 heterocycles. The van der Waals surface area contributed by atoms with Crippen molar-refractivity contribution >= 4 is 0 Å². The Bertz CT molecular complexity index is 1050. The van der Waals surface area contributed by atoms with Crippen LogP contribution in [-0.2, 0) is 6.42 Å². The van der Waals surface area contributed by atoms with Gasteiger partial charge in [0.25, 0.3) is 0 Å². The maximum absolute atomic E-state index is 5.75. The molecule has 0 aliphatic carbocycles. The van der Waals surface area contributed by atoms with E-state index in [1.54, 1.807) is 0 Å². The first kappa shape index (κ1) is 16.2. The molecular weight excluding hydrogens is 328 g/mol. The normalized spacial score (nSPS) is 11.0. The Morgan fingerprint density at radius 3 is 2.35 bits per heavy atom. The second-order valence-electron chi connectivity index (χ2n) is 6.35. The summed E-state index contributed by atoms with van der Waals surface area (Å²) >= 11 is 0. The molecule has 0 atom stereocenters. The van der Waals surface area contributed by atoms with E-state index in [0.717, 1.165) is 11.1 Å². The number of aryl methyl sites for hydroxylation is 3. The molecule has 0 N–H and O–H groups in total. The van der Waals surface area contributed by atoms with Gasteiger partial charge < -0.3 is 8.94 Å². The number of hydrogen-bond acceptors (Lipinski definition) is 6. The lowest BCUT2D eigenvalue weighted by atomic mass is 10.1. The molecule has 4 aromatic rings. The van der Waals surface area contributed by atoms with Crippen molar-refractivity contribution in [2.45, 2.75) is 27.2 Å². The third-order valence-electron chi connectivity index (χ3n) is 4.30. The highest BCUT2D eigenvalue weighted by Crippen LogP contribution is 2.22. The third-order valence-corrected chi connectivity index (χ3v) is 4.30. The maximum Gasteiger partial charge on any atom is 0.247 e. The first-order valence-electron chi connectivity index (χ1n) is 8.38. The zero-order valence-corrected chi connectivity index (χ0v) is 14.9. The molecule has 6 heteroatoms. The zero-order valence-electron chi connectivity index (χ0n) is 14.9. The smallest absolute Gasteiger partial charge is 0.247 e. The van der Waals surface area contributed by atoms with E-state index in [1.807, 2.05) is 49.4 Å². The van der Waals surface area contributed by atoms with Gasteiger partial charge in [-0.1, -0.05) is 41.1 Å². The second-order valence-corrected chi connectivity index (χ2v) is 6.35. The van der Waals surface area contributed by atoms with Crippen LogP contribution in [0.1, 0.15) is 28.5 Å². The molecule has 0 aliphatic rings. The van der Waals surface area contributed by atoms with Crippen molar-refractivity contribution in [2.75, 3.05) is 0 Å². The summed E-state index contributed by atoms with van der Waals surface area (Å²) < 4.78 is 11.1. The first-order chi connectivity index (χ1) is 12.6. The van der Waals surface area contributed by atoms with Crippen molar-refractivity contribution in [3.05, 3.63) is 70.9 Å². The molecule has 0 bridgehead atoms. The average molecular weight is 346 g/mol. The van der Waals surface area contributed by atoms with Gasteiger partial charge in [0.2, 0.25) is 23.5 Å². The maximum atomic E-state index is 5.75. The van der Waals surface area contributed by atoms with Gasteiger partial charge in [-0.05, 0) is 44.0 Å². The van der Waals surface area contributed by atoms with E-state index in [1.165, 1.54) is 16.7 Å². The Morgan fingerprint density at radius 1 is 0.808 bits per heavy atom. The van der Waals surface area contributed by atoms with E-state index in [-0.39, 0.29) is 0 Å². The highest BCUT2D eigenvalue weighted by Gasteiger charge is 2.14. The van der Waals surface area contributed by atoms with Crippen LogP contribution in [0.5, 0.6) is 0 Å². The van der Waals surface area contributed by atoms with Crippen molar-refractivity contribution in [1.82, 2.24) is 20.3 Å². The fourth-order valence-electron chi connectivity index (χ4n) is 2.59. The van der Waals surface area contributed by atoms with Gasteiger partial charge in [0.15, 0.2) is 0 Å². The van der Waals surface area contributed by atoms with E-state index in [0.29, 0.717) is 29.9 Å². The molecule has 0 radical (unpaired) electrons. The summed E-state index contributed by atoms with van der Waals surface area (Å²) in [5.41, 5.74) is 5.40. The summed E-state index contributed by atoms with van der Waals surface area (Å²) in [5, 5.41) is 12.2. The molecule has 0 saturated carbocycles. The lowest BCUT2D eigenvalue weighted by Gasteiger charge is -2.00. The standard InChI is InChI=1S/C20H18N4O2/c1-12-4-7-15(8-5-12)19-21-17(26-24-19)11-18-22-23-20(25-18)16-9-6-13(2)14(3)10-16/h4-10H,11H2,1-3H3. The van der Waals surface area contributed by atoms with Crippen LogP contribution in [-0.4, -0.2) is 20.3 Å². The molecule has 0 amide bonds. The van der Waals surface area contributed by atoms with Crippen LogP contribution >= 0.6 is 0 Å². The molecule has 0 fully saturated rings. The first-order valence-corrected chi connectivity index (χ1v) is 8.38. The Balaban J connectivity index is 1.52. The highest BCUT2D eigenvalue weighted by molar-refractivity contribution is 5.55. The Hall–Kier alpha value is -3.28. The molecular formula is C20H18N4O2. The molecule has 6 nitrogen and oxygen atoms in total. The van der Waals surface area contributed by atoms with Crippen molar-refractivity contribution in [1.29, 1.82) is 0 Å². The van der Waals surface area contributed by atoms with Crippen molar-refractivity contribution in [3.8, 4) is 22.8 Å². The lowest BCUT2D eigenvalue weighted by molar-refractivity contribution is 0.374. The van der Waals surface area contributed by atoms with Gasteiger partial charge in [0, 0.05) is 11.1 Å². The van der Waals surface area contributed by atoms with Crippen molar-refractivity contribution in [2.24, 2.45) is 0 Å². The van der Waals surface area contributed by atoms with Crippen LogP contribution in [0.25, 0.3) is 22.8 Å². The van der Waals surface area contributed by atoms with Crippen molar-refractivity contribution in [3.63, 3.8) is 0 Å². The van der Waals surface area contributed by atoms with Gasteiger partial charge in [0.1, 0.15) is 6.42 Å². The monoisotopic (exact) mass is 346 g/mol. The van der Waals surface area contributed by atoms with Crippen LogP contribution in [0.2, 0.25) is 0 Å². The summed E-state index contributed by atoms with van der Waals surface area (Å²) in [4.78, 5) is 4.41. The van der Waals surface area contributed by atoms with Crippen LogP contribution in [0, 0.1) is 20.8 Å². The van der Waals surface area contributed by atoms with E-state index in [9.17, 15) is 0 Å². The molecule has 2 aromatic carbocycles. The van der Waals surface area contributed by atoms with Gasteiger partial charge in [-0.3, -0.25) is 0 Å². The minimum Gasteiger partial charge on any atom is -0.420 e. The summed E-state index contributed by atoms with van der Waals surface area (Å²) in [5.74, 6) is 1.92. The predicted molar refractivity (Wildman–Crippen MR) is 96.5 cm³/mol. The van der Waals surface area contributed by atoms with Crippen molar-refractivity contribution < 1.29 is 8.94 Å². The molecule has 0 unspecified atom stereocenters. The van der Waals surface area contributed by atoms with Gasteiger partial charge in [-0.2, -0.15) is 4.98 Å². The van der Waals surface area contributed by atoms with Gasteiger partial charge in [-0.25, -0.2) is 0 Å². The quantitative estimate of drug-likeness (QED) is 0.548. The summed E-state index contributed by atoms with van der Waals surface area (Å²) in [6.07, 6.45) is 0.302. The lowest BCUT2D eigenvalue weighted by Crippen LogP contribution is -1.89. The van der Waals surface area contributed by atoms with E-state index in [4.69, 9.17) is 8.94 Å². The minimum absolute atomic E-state index is 0.302. The number of nitrogens with zero attached hydrogens (tertiary/aromatic N) is 4. The Kier molecular flexibility index (Phi) is 4.08. The SMILES string of the molecule is Cc1ccc(-c2noc(Cc3nnc(-c4ccc(C)c(C)c4)o3)n2)cc1. The van der Waals surface area contributed by atoms with E-state index >= 15 is 0 Å². The second kappa shape index (κ2) is 6.55. The fraction of sp³-hybridized carbons (Fsp3) is 0.200. The number of hydrogen-bond donors (Lipinski definition) is 0. The molecule has 26 heavy (non-hydrogen) atoms. The van der Waals surface area contributed by atoms with Crippen LogP contribution in [0.3, 0.4) is 0 Å². The largest absolute Gasteiger partial charge is 0.420 e. The summed E-state index contributed by atoms with van der Waals surface area (Å²) in [6.45, 7) is 6.16. The molecule has 0 aliphatic heterocycles. The van der Waals surface area contributed by atoms with E-state index < -0.39 is 0 Å². The topological polar surface area (TPSA) is 77.8 Å². The summed E-state index contributed by atoms with van der Waals surface area (Å²) in [7, 11) is 0. The Morgan fingerprint density at radius 2 is 1.58 bits per heavy atom. The van der Waals surface area contributed by atoms with E-state index in [2.05, 4.69) is 34.2 Å². The Labute approximate surface area is 150 Å². The van der Waals surface area contributed by atoms with Gasteiger partial charge in [-0.15, -0.1) is 10.2 Å². The molecule has 0 spiro atoms. The van der Waals surface area contributed by atoms with Gasteiger partial charge >= 0.3 is 0 Å². The minimum atomic E-state index is 0.302. The van der Waals surface area contributed by atoms with Crippen LogP contribution in [0.15, 0.2) is 51.4 Å². The third kappa shape index (κ3) is 3.26. The predicted octanol–water partition coefficient (Wildman–Crippen LogP) is 4.30. The number of benzene rings is 2. The molecule has 130 valence electrons. The summed E-state index contributed by atoms with van der Waals surface area (Å²) in [6, 6.07) is 14.0. The van der Waals surface area contributed by atoms with Crippen LogP contribution in [0.4, 0.5) is 0 Å². The fourth-order valence-corrected chi connectivity index (χ4v) is 2.59. The molecule has 0 saturated heterocycles. The molecule has 4 rings (SSSR count). The number of aromatic nitrogens is 4.